The Kier molecular flexibility index (Phi) is 7.69. The lowest BCUT2D eigenvalue weighted by Crippen LogP contribution is -2.44. The van der Waals surface area contributed by atoms with Gasteiger partial charge in [-0.1, -0.05) is 44.2 Å². The van der Waals surface area contributed by atoms with Crippen molar-refractivity contribution in [3.63, 3.8) is 0 Å². The van der Waals surface area contributed by atoms with Gasteiger partial charge in [0.2, 0.25) is 0 Å². The molecule has 1 heterocycles. The molecule has 0 aliphatic carbocycles. The first kappa shape index (κ1) is 21.6. The molecule has 7 nitrogen and oxygen atoms in total. The van der Waals surface area contributed by atoms with E-state index in [1.807, 2.05) is 44.2 Å². The SMILES string of the molecule is COC(=O)[C@H](CC(C)C)NC(=O)COC(=O)c1sc(C)nc1-c1ccccc1. The lowest BCUT2D eigenvalue weighted by molar-refractivity contribution is -0.145. The van der Waals surface area contributed by atoms with Crippen LogP contribution in [-0.4, -0.2) is 42.6 Å². The van der Waals surface area contributed by atoms with Crippen molar-refractivity contribution in [2.75, 3.05) is 13.7 Å². The number of benzene rings is 1. The molecule has 1 aromatic carbocycles. The van der Waals surface area contributed by atoms with Crippen LogP contribution < -0.4 is 5.32 Å². The number of rotatable bonds is 8. The molecule has 28 heavy (non-hydrogen) atoms. The molecular weight excluding hydrogens is 380 g/mol. The molecule has 2 aromatic rings. The van der Waals surface area contributed by atoms with Gasteiger partial charge in [-0.2, -0.15) is 0 Å². The largest absolute Gasteiger partial charge is 0.467 e. The van der Waals surface area contributed by atoms with Crippen molar-refractivity contribution in [3.05, 3.63) is 40.2 Å². The number of ether oxygens (including phenoxy) is 2. The van der Waals surface area contributed by atoms with E-state index in [1.165, 1.54) is 18.4 Å². The van der Waals surface area contributed by atoms with Crippen LogP contribution in [0, 0.1) is 12.8 Å². The number of hydrogen-bond donors (Lipinski definition) is 1. The lowest BCUT2D eigenvalue weighted by Gasteiger charge is -2.18. The van der Waals surface area contributed by atoms with Gasteiger partial charge in [-0.3, -0.25) is 4.79 Å². The van der Waals surface area contributed by atoms with Crippen molar-refractivity contribution in [1.29, 1.82) is 0 Å². The third-order valence-corrected chi connectivity index (χ3v) is 4.78. The van der Waals surface area contributed by atoms with E-state index < -0.39 is 30.5 Å². The molecule has 0 aliphatic rings. The van der Waals surface area contributed by atoms with Gasteiger partial charge in [-0.25, -0.2) is 14.6 Å². The minimum Gasteiger partial charge on any atom is -0.467 e. The topological polar surface area (TPSA) is 94.6 Å². The average Bonchev–Trinajstić information content (AvgIpc) is 3.07. The summed E-state index contributed by atoms with van der Waals surface area (Å²) in [6.45, 7) is 5.17. The highest BCUT2D eigenvalue weighted by atomic mass is 32.1. The predicted octanol–water partition coefficient (Wildman–Crippen LogP) is 2.98. The molecule has 0 aliphatic heterocycles. The van der Waals surface area contributed by atoms with Gasteiger partial charge < -0.3 is 14.8 Å². The van der Waals surface area contributed by atoms with E-state index in [1.54, 1.807) is 6.92 Å². The van der Waals surface area contributed by atoms with Crippen LogP contribution >= 0.6 is 11.3 Å². The Morgan fingerprint density at radius 3 is 2.46 bits per heavy atom. The van der Waals surface area contributed by atoms with Gasteiger partial charge in [0.05, 0.1) is 17.8 Å². The van der Waals surface area contributed by atoms with Crippen molar-refractivity contribution in [2.45, 2.75) is 33.2 Å². The minimum atomic E-state index is -0.776. The van der Waals surface area contributed by atoms with Crippen molar-refractivity contribution in [3.8, 4) is 11.3 Å². The number of nitrogens with one attached hydrogen (secondary N) is 1. The summed E-state index contributed by atoms with van der Waals surface area (Å²) in [4.78, 5) is 41.2. The van der Waals surface area contributed by atoms with E-state index in [4.69, 9.17) is 9.47 Å². The number of hydrogen-bond acceptors (Lipinski definition) is 7. The fraction of sp³-hybridized carbons (Fsp3) is 0.400. The highest BCUT2D eigenvalue weighted by Gasteiger charge is 2.24. The van der Waals surface area contributed by atoms with Gasteiger partial charge in [-0.05, 0) is 19.3 Å². The van der Waals surface area contributed by atoms with Crippen LogP contribution in [0.15, 0.2) is 30.3 Å². The molecule has 1 amide bonds. The molecule has 150 valence electrons. The van der Waals surface area contributed by atoms with E-state index in [0.717, 1.165) is 10.6 Å². The Balaban J connectivity index is 2.02. The zero-order valence-corrected chi connectivity index (χ0v) is 17.2. The van der Waals surface area contributed by atoms with Gasteiger partial charge in [-0.15, -0.1) is 11.3 Å². The van der Waals surface area contributed by atoms with Crippen molar-refractivity contribution in [2.24, 2.45) is 5.92 Å². The summed E-state index contributed by atoms with van der Waals surface area (Å²) in [7, 11) is 1.26. The Hall–Kier alpha value is -2.74. The van der Waals surface area contributed by atoms with Gasteiger partial charge in [0, 0.05) is 5.56 Å². The van der Waals surface area contributed by atoms with E-state index in [9.17, 15) is 14.4 Å². The van der Waals surface area contributed by atoms with E-state index in [2.05, 4.69) is 10.3 Å². The van der Waals surface area contributed by atoms with Gasteiger partial charge >= 0.3 is 11.9 Å². The standard InChI is InChI=1S/C20H24N2O5S/c1-12(2)10-15(19(24)26-4)22-16(23)11-27-20(25)18-17(21-13(3)28-18)14-8-6-5-7-9-14/h5-9,12,15H,10-11H2,1-4H3,(H,22,23)/t15-/m0/s1. The maximum atomic E-state index is 12.5. The number of aryl methyl sites for hydroxylation is 1. The van der Waals surface area contributed by atoms with Gasteiger partial charge in [0.1, 0.15) is 10.9 Å². The number of methoxy groups -OCH3 is 1. The first-order chi connectivity index (χ1) is 13.3. The van der Waals surface area contributed by atoms with Crippen LogP contribution in [0.2, 0.25) is 0 Å². The van der Waals surface area contributed by atoms with Crippen molar-refractivity contribution in [1.82, 2.24) is 10.3 Å². The second-order valence-electron chi connectivity index (χ2n) is 6.63. The first-order valence-corrected chi connectivity index (χ1v) is 9.70. The van der Waals surface area contributed by atoms with Crippen molar-refractivity contribution >= 4 is 29.2 Å². The summed E-state index contributed by atoms with van der Waals surface area (Å²) in [5.74, 6) is -1.54. The number of carbonyl (C=O) groups is 3. The molecule has 0 fully saturated rings. The summed E-state index contributed by atoms with van der Waals surface area (Å²) in [5.41, 5.74) is 1.33. The number of aromatic nitrogens is 1. The number of amides is 1. The summed E-state index contributed by atoms with van der Waals surface area (Å²) in [5, 5.41) is 3.27. The molecule has 1 atom stereocenters. The molecule has 1 aromatic heterocycles. The Labute approximate surface area is 168 Å². The fourth-order valence-corrected chi connectivity index (χ4v) is 3.45. The minimum absolute atomic E-state index is 0.181. The molecule has 1 N–H and O–H groups in total. The van der Waals surface area contributed by atoms with Gasteiger partial charge in [0.15, 0.2) is 6.61 Å². The fourth-order valence-electron chi connectivity index (χ4n) is 2.62. The number of thiazole rings is 1. The van der Waals surface area contributed by atoms with Crippen molar-refractivity contribution < 1.29 is 23.9 Å². The molecule has 0 unspecified atom stereocenters. The molecule has 0 saturated carbocycles. The first-order valence-electron chi connectivity index (χ1n) is 8.89. The summed E-state index contributed by atoms with van der Waals surface area (Å²) in [6, 6.07) is 8.51. The summed E-state index contributed by atoms with van der Waals surface area (Å²) in [6.07, 6.45) is 0.429. The highest BCUT2D eigenvalue weighted by molar-refractivity contribution is 7.14. The number of carbonyl (C=O) groups excluding carboxylic acids is 3. The molecule has 0 saturated heterocycles. The predicted molar refractivity (Wildman–Crippen MR) is 106 cm³/mol. The second kappa shape index (κ2) is 9.98. The smallest absolute Gasteiger partial charge is 0.351 e. The third-order valence-electron chi connectivity index (χ3n) is 3.83. The molecule has 0 bridgehead atoms. The normalized spacial score (nSPS) is 11.8. The molecule has 0 spiro atoms. The van der Waals surface area contributed by atoms with Crippen LogP contribution in [0.3, 0.4) is 0 Å². The van der Waals surface area contributed by atoms with E-state index >= 15 is 0 Å². The zero-order valence-electron chi connectivity index (χ0n) is 16.4. The van der Waals surface area contributed by atoms with Crippen LogP contribution in [-0.2, 0) is 19.1 Å². The van der Waals surface area contributed by atoms with Crippen LogP contribution in [0.5, 0.6) is 0 Å². The monoisotopic (exact) mass is 404 g/mol. The van der Waals surface area contributed by atoms with Crippen LogP contribution in [0.1, 0.15) is 34.9 Å². The average molecular weight is 404 g/mol. The molecule has 2 rings (SSSR count). The Morgan fingerprint density at radius 1 is 1.18 bits per heavy atom. The van der Waals surface area contributed by atoms with Gasteiger partial charge in [0.25, 0.3) is 5.91 Å². The number of esters is 2. The summed E-state index contributed by atoms with van der Waals surface area (Å²) >= 11 is 1.21. The molecule has 8 heteroatoms. The summed E-state index contributed by atoms with van der Waals surface area (Å²) < 4.78 is 9.86. The number of nitrogens with zero attached hydrogens (tertiary/aromatic N) is 1. The van der Waals surface area contributed by atoms with E-state index in [-0.39, 0.29) is 5.92 Å². The molecule has 0 radical (unpaired) electrons. The third kappa shape index (κ3) is 5.88. The van der Waals surface area contributed by atoms with E-state index in [0.29, 0.717) is 17.0 Å². The lowest BCUT2D eigenvalue weighted by atomic mass is 10.0. The van der Waals surface area contributed by atoms with Crippen LogP contribution in [0.4, 0.5) is 0 Å². The second-order valence-corrected chi connectivity index (χ2v) is 7.83. The van der Waals surface area contributed by atoms with Crippen LogP contribution in [0.25, 0.3) is 11.3 Å². The maximum Gasteiger partial charge on any atom is 0.351 e. The Morgan fingerprint density at radius 2 is 1.86 bits per heavy atom. The highest BCUT2D eigenvalue weighted by Crippen LogP contribution is 2.28. The molecular formula is C20H24N2O5S. The Bertz CT molecular complexity index is 832. The zero-order chi connectivity index (χ0) is 20.7. The maximum absolute atomic E-state index is 12.5. The quantitative estimate of drug-likeness (QED) is 0.680.